The normalized spacial score (nSPS) is 10.6. The zero-order valence-corrected chi connectivity index (χ0v) is 11.0. The third-order valence-corrected chi connectivity index (χ3v) is 2.56. The number of ether oxygens (including phenoxy) is 1. The van der Waals surface area contributed by atoms with Gasteiger partial charge in [-0.15, -0.1) is 0 Å². The van der Waals surface area contributed by atoms with E-state index in [1.165, 1.54) is 11.1 Å². The highest BCUT2D eigenvalue weighted by atomic mass is 16.5. The molecule has 0 saturated heterocycles. The molecule has 0 aliphatic heterocycles. The van der Waals surface area contributed by atoms with Crippen molar-refractivity contribution < 1.29 is 9.53 Å². The van der Waals surface area contributed by atoms with E-state index in [2.05, 4.69) is 38.1 Å². The first-order valence-corrected chi connectivity index (χ1v) is 6.35. The molecular formula is C15H22O2. The zero-order chi connectivity index (χ0) is 12.7. The lowest BCUT2D eigenvalue weighted by molar-refractivity contribution is -0.143. The highest BCUT2D eigenvalue weighted by Crippen LogP contribution is 2.12. The molecule has 0 aliphatic carbocycles. The lowest BCUT2D eigenvalue weighted by Crippen LogP contribution is -2.05. The van der Waals surface area contributed by atoms with Crippen LogP contribution in [0.25, 0.3) is 0 Å². The summed E-state index contributed by atoms with van der Waals surface area (Å²) < 4.78 is 4.92. The zero-order valence-electron chi connectivity index (χ0n) is 11.0. The second-order valence-corrected chi connectivity index (χ2v) is 4.72. The molecule has 0 spiro atoms. The molecule has 0 N–H and O–H groups in total. The van der Waals surface area contributed by atoms with E-state index in [0.717, 1.165) is 12.8 Å². The Morgan fingerprint density at radius 3 is 2.65 bits per heavy atom. The molecule has 2 nitrogen and oxygen atoms in total. The molecule has 0 fully saturated rings. The molecule has 0 amide bonds. The smallest absolute Gasteiger partial charge is 0.306 e. The second kappa shape index (κ2) is 7.10. The Labute approximate surface area is 104 Å². The fourth-order valence-electron chi connectivity index (χ4n) is 1.86. The summed E-state index contributed by atoms with van der Waals surface area (Å²) in [4.78, 5) is 11.3. The van der Waals surface area contributed by atoms with Crippen molar-refractivity contribution in [3.8, 4) is 0 Å². The first-order chi connectivity index (χ1) is 8.11. The van der Waals surface area contributed by atoms with Crippen LogP contribution in [0.5, 0.6) is 0 Å². The Kier molecular flexibility index (Phi) is 5.75. The number of carbonyl (C=O) groups is 1. The van der Waals surface area contributed by atoms with E-state index in [4.69, 9.17) is 4.74 Å². The van der Waals surface area contributed by atoms with Crippen molar-refractivity contribution in [2.45, 2.75) is 40.0 Å². The quantitative estimate of drug-likeness (QED) is 0.705. The summed E-state index contributed by atoms with van der Waals surface area (Å²) in [6.07, 6.45) is 2.33. The minimum atomic E-state index is -0.109. The van der Waals surface area contributed by atoms with Gasteiger partial charge >= 0.3 is 5.97 Å². The van der Waals surface area contributed by atoms with Crippen molar-refractivity contribution in [3.05, 3.63) is 35.4 Å². The largest absolute Gasteiger partial charge is 0.466 e. The van der Waals surface area contributed by atoms with Crippen molar-refractivity contribution in [2.24, 2.45) is 5.92 Å². The van der Waals surface area contributed by atoms with Crippen LogP contribution in [-0.2, 0) is 22.4 Å². The van der Waals surface area contributed by atoms with Gasteiger partial charge in [-0.3, -0.25) is 4.79 Å². The first kappa shape index (κ1) is 13.8. The van der Waals surface area contributed by atoms with Crippen LogP contribution in [-0.4, -0.2) is 12.6 Å². The predicted octanol–water partition coefficient (Wildman–Crippen LogP) is 3.38. The molecule has 0 saturated carbocycles. The van der Waals surface area contributed by atoms with Gasteiger partial charge in [0.15, 0.2) is 0 Å². The maximum absolute atomic E-state index is 11.3. The minimum Gasteiger partial charge on any atom is -0.466 e. The molecule has 0 unspecified atom stereocenters. The molecule has 2 heteroatoms. The number of rotatable bonds is 6. The maximum Gasteiger partial charge on any atom is 0.306 e. The summed E-state index contributed by atoms with van der Waals surface area (Å²) in [5.74, 6) is 0.553. The van der Waals surface area contributed by atoms with Crippen LogP contribution in [0.4, 0.5) is 0 Å². The van der Waals surface area contributed by atoms with Crippen LogP contribution in [0.2, 0.25) is 0 Å². The molecule has 0 heterocycles. The lowest BCUT2D eigenvalue weighted by Gasteiger charge is -2.07. The van der Waals surface area contributed by atoms with Crippen LogP contribution in [0.1, 0.15) is 38.3 Å². The van der Waals surface area contributed by atoms with E-state index in [-0.39, 0.29) is 5.97 Å². The van der Waals surface area contributed by atoms with Crippen LogP contribution < -0.4 is 0 Å². The summed E-state index contributed by atoms with van der Waals surface area (Å²) >= 11 is 0. The van der Waals surface area contributed by atoms with E-state index in [1.807, 2.05) is 6.92 Å². The number of carbonyl (C=O) groups excluding carboxylic acids is 1. The molecule has 1 aromatic rings. The molecule has 0 radical (unpaired) electrons. The summed E-state index contributed by atoms with van der Waals surface area (Å²) in [5, 5.41) is 0. The summed E-state index contributed by atoms with van der Waals surface area (Å²) in [6.45, 7) is 6.73. The second-order valence-electron chi connectivity index (χ2n) is 4.72. The standard InChI is InChI=1S/C15H22O2/c1-4-17-15(16)9-8-13-6-5-7-14(11-13)10-12(2)3/h5-7,11-12H,4,8-10H2,1-3H3. The van der Waals surface area contributed by atoms with Crippen molar-refractivity contribution in [1.29, 1.82) is 0 Å². The van der Waals surface area contributed by atoms with E-state index < -0.39 is 0 Å². The fourth-order valence-corrected chi connectivity index (χ4v) is 1.86. The van der Waals surface area contributed by atoms with Crippen molar-refractivity contribution in [3.63, 3.8) is 0 Å². The van der Waals surface area contributed by atoms with Gasteiger partial charge in [0.05, 0.1) is 6.61 Å². The number of hydrogen-bond donors (Lipinski definition) is 0. The monoisotopic (exact) mass is 234 g/mol. The van der Waals surface area contributed by atoms with Crippen LogP contribution in [0.15, 0.2) is 24.3 Å². The third kappa shape index (κ3) is 5.53. The number of aryl methyl sites for hydroxylation is 1. The van der Waals surface area contributed by atoms with Gasteiger partial charge in [0.25, 0.3) is 0 Å². The van der Waals surface area contributed by atoms with Gasteiger partial charge in [0.2, 0.25) is 0 Å². The topological polar surface area (TPSA) is 26.3 Å². The van der Waals surface area contributed by atoms with Crippen LogP contribution in [0.3, 0.4) is 0 Å². The van der Waals surface area contributed by atoms with E-state index in [9.17, 15) is 4.79 Å². The summed E-state index contributed by atoms with van der Waals surface area (Å²) in [6, 6.07) is 8.48. The van der Waals surface area contributed by atoms with Gasteiger partial charge in [-0.25, -0.2) is 0 Å². The lowest BCUT2D eigenvalue weighted by atomic mass is 9.99. The third-order valence-electron chi connectivity index (χ3n) is 2.56. The summed E-state index contributed by atoms with van der Waals surface area (Å²) in [7, 11) is 0. The molecule has 0 aromatic heterocycles. The van der Waals surface area contributed by atoms with Crippen LogP contribution >= 0.6 is 0 Å². The average Bonchev–Trinajstić information content (AvgIpc) is 2.26. The molecule has 17 heavy (non-hydrogen) atoms. The minimum absolute atomic E-state index is 0.109. The van der Waals surface area contributed by atoms with Gasteiger partial charge in [-0.05, 0) is 36.8 Å². The Morgan fingerprint density at radius 2 is 2.00 bits per heavy atom. The predicted molar refractivity (Wildman–Crippen MR) is 69.9 cm³/mol. The van der Waals surface area contributed by atoms with Gasteiger partial charge < -0.3 is 4.74 Å². The maximum atomic E-state index is 11.3. The summed E-state index contributed by atoms with van der Waals surface area (Å²) in [5.41, 5.74) is 2.57. The molecule has 0 atom stereocenters. The van der Waals surface area contributed by atoms with E-state index in [0.29, 0.717) is 18.9 Å². The first-order valence-electron chi connectivity index (χ1n) is 6.35. The number of hydrogen-bond acceptors (Lipinski definition) is 2. The molecule has 1 aromatic carbocycles. The number of esters is 1. The van der Waals surface area contributed by atoms with Crippen molar-refractivity contribution in [2.75, 3.05) is 6.61 Å². The van der Waals surface area contributed by atoms with Gasteiger partial charge in [-0.2, -0.15) is 0 Å². The highest BCUT2D eigenvalue weighted by Gasteiger charge is 2.04. The van der Waals surface area contributed by atoms with Gasteiger partial charge in [0, 0.05) is 6.42 Å². The highest BCUT2D eigenvalue weighted by molar-refractivity contribution is 5.69. The van der Waals surface area contributed by atoms with Gasteiger partial charge in [0.1, 0.15) is 0 Å². The Morgan fingerprint density at radius 1 is 1.29 bits per heavy atom. The number of benzene rings is 1. The van der Waals surface area contributed by atoms with Crippen molar-refractivity contribution in [1.82, 2.24) is 0 Å². The van der Waals surface area contributed by atoms with Gasteiger partial charge in [-0.1, -0.05) is 38.1 Å². The molecule has 94 valence electrons. The Hall–Kier alpha value is -1.31. The molecular weight excluding hydrogens is 212 g/mol. The molecule has 0 aliphatic rings. The molecule has 1 rings (SSSR count). The van der Waals surface area contributed by atoms with E-state index >= 15 is 0 Å². The van der Waals surface area contributed by atoms with Crippen LogP contribution in [0, 0.1) is 5.92 Å². The molecule has 0 bridgehead atoms. The van der Waals surface area contributed by atoms with E-state index in [1.54, 1.807) is 0 Å². The van der Waals surface area contributed by atoms with Crippen molar-refractivity contribution >= 4 is 5.97 Å². The SMILES string of the molecule is CCOC(=O)CCc1cccc(CC(C)C)c1. The Balaban J connectivity index is 2.51. The Bertz CT molecular complexity index is 356. The average molecular weight is 234 g/mol. The fraction of sp³-hybridized carbons (Fsp3) is 0.533.